The number of rotatable bonds is 12. The van der Waals surface area contributed by atoms with Crippen LogP contribution in [0.3, 0.4) is 0 Å². The Kier molecular flexibility index (Phi) is 10.4. The molecule has 0 saturated heterocycles. The molecule has 3 heterocycles. The third kappa shape index (κ3) is 8.28. The lowest BCUT2D eigenvalue weighted by molar-refractivity contribution is -0.0288. The number of primary amides is 1. The standard InChI is InChI=1S/C12H18N4O2S.C11H20N4O2/c1-4-5-18-12(2,3)6-16-9-8(13-7-14-9)10(17)15-11(16)19;1-4-5-17-11(2,3)6-13-10-8(9(12)16)14-7-15-10/h7H,4-6H2,1-3H3,(H,13,14)(H,15,17,19);7,13H,4-6H2,1-3H3,(H2,12,16)(H,14,15). The van der Waals surface area contributed by atoms with Crippen molar-refractivity contribution in [1.82, 2.24) is 29.5 Å². The van der Waals surface area contributed by atoms with E-state index in [0.29, 0.717) is 48.1 Å². The van der Waals surface area contributed by atoms with Crippen LogP contribution in [0.25, 0.3) is 11.2 Å². The summed E-state index contributed by atoms with van der Waals surface area (Å²) in [6.45, 7) is 14.5. The first-order valence-electron chi connectivity index (χ1n) is 11.9. The second-order valence-electron chi connectivity index (χ2n) is 9.51. The molecule has 1 amide bonds. The van der Waals surface area contributed by atoms with E-state index in [9.17, 15) is 9.59 Å². The lowest BCUT2D eigenvalue weighted by atomic mass is 10.1. The number of nitrogens with one attached hydrogen (secondary N) is 4. The molecule has 3 rings (SSSR count). The summed E-state index contributed by atoms with van der Waals surface area (Å²) in [5.41, 5.74) is 5.53. The number of carbonyl (C=O) groups excluding carboxylic acids is 1. The molecule has 0 aromatic carbocycles. The summed E-state index contributed by atoms with van der Waals surface area (Å²) >= 11 is 5.21. The second-order valence-corrected chi connectivity index (χ2v) is 9.89. The molecule has 3 aromatic heterocycles. The highest BCUT2D eigenvalue weighted by Crippen LogP contribution is 2.16. The molecule has 0 saturated carbocycles. The number of hydrogen-bond donors (Lipinski definition) is 5. The maximum absolute atomic E-state index is 11.7. The highest BCUT2D eigenvalue weighted by molar-refractivity contribution is 7.71. The smallest absolute Gasteiger partial charge is 0.277 e. The van der Waals surface area contributed by atoms with E-state index in [0.717, 1.165) is 12.8 Å². The Bertz CT molecular complexity index is 1240. The fourth-order valence-electron chi connectivity index (χ4n) is 3.28. The average Bonchev–Trinajstić information content (AvgIpc) is 3.48. The SMILES string of the molecule is CCCOC(C)(C)CNc1nc[nH]c1C(N)=O.CCCOC(C)(C)Cn1c(=S)[nH]c(=O)c2[nH]cnc21. The number of ether oxygens (including phenoxy) is 2. The molecule has 13 heteroatoms. The van der Waals surface area contributed by atoms with Crippen LogP contribution in [0.1, 0.15) is 64.9 Å². The third-order valence-electron chi connectivity index (χ3n) is 5.07. The number of imidazole rings is 2. The van der Waals surface area contributed by atoms with Crippen LogP contribution < -0.4 is 16.6 Å². The van der Waals surface area contributed by atoms with Crippen molar-refractivity contribution >= 4 is 35.1 Å². The predicted octanol–water partition coefficient (Wildman–Crippen LogP) is 3.11. The van der Waals surface area contributed by atoms with Crippen LogP contribution in [0.15, 0.2) is 17.4 Å². The molecular formula is C23H38N8O4S. The van der Waals surface area contributed by atoms with Gasteiger partial charge in [-0.25, -0.2) is 9.97 Å². The summed E-state index contributed by atoms with van der Waals surface area (Å²) in [6.07, 6.45) is 4.85. The Labute approximate surface area is 215 Å². The Morgan fingerprint density at radius 1 is 1.08 bits per heavy atom. The molecule has 0 unspecified atom stereocenters. The first kappa shape index (κ1) is 29.2. The van der Waals surface area contributed by atoms with Crippen LogP contribution in [0, 0.1) is 4.77 Å². The molecule has 0 radical (unpaired) electrons. The van der Waals surface area contributed by atoms with Gasteiger partial charge in [-0.05, 0) is 52.8 Å². The minimum absolute atomic E-state index is 0.249. The molecule has 200 valence electrons. The van der Waals surface area contributed by atoms with Crippen molar-refractivity contribution in [3.8, 4) is 0 Å². The van der Waals surface area contributed by atoms with E-state index in [-0.39, 0.29) is 22.5 Å². The Morgan fingerprint density at radius 2 is 1.69 bits per heavy atom. The lowest BCUT2D eigenvalue weighted by Crippen LogP contribution is -2.34. The first-order valence-corrected chi connectivity index (χ1v) is 12.3. The summed E-state index contributed by atoms with van der Waals surface area (Å²) in [7, 11) is 0. The van der Waals surface area contributed by atoms with Crippen molar-refractivity contribution in [3.63, 3.8) is 0 Å². The van der Waals surface area contributed by atoms with Crippen molar-refractivity contribution < 1.29 is 14.3 Å². The molecule has 0 bridgehead atoms. The number of nitrogens with zero attached hydrogens (tertiary/aromatic N) is 3. The number of aromatic amines is 3. The van der Waals surface area contributed by atoms with Crippen LogP contribution in [0.5, 0.6) is 0 Å². The zero-order chi connectivity index (χ0) is 26.9. The fraction of sp³-hybridized carbons (Fsp3) is 0.609. The van der Waals surface area contributed by atoms with Crippen LogP contribution in [0.2, 0.25) is 0 Å². The van der Waals surface area contributed by atoms with Crippen LogP contribution in [-0.4, -0.2) is 66.4 Å². The molecule has 0 fully saturated rings. The van der Waals surface area contributed by atoms with E-state index in [1.807, 2.05) is 27.7 Å². The van der Waals surface area contributed by atoms with Gasteiger partial charge in [0, 0.05) is 19.8 Å². The number of fused-ring (bicyclic) bond motifs is 1. The quantitative estimate of drug-likeness (QED) is 0.226. The van der Waals surface area contributed by atoms with Crippen molar-refractivity contribution in [1.29, 1.82) is 0 Å². The van der Waals surface area contributed by atoms with E-state index in [4.69, 9.17) is 27.4 Å². The summed E-state index contributed by atoms with van der Waals surface area (Å²) in [5.74, 6) is -0.0667. The number of anilines is 1. The van der Waals surface area contributed by atoms with Gasteiger partial charge in [0.15, 0.2) is 16.2 Å². The first-order chi connectivity index (χ1) is 16.9. The molecule has 0 atom stereocenters. The zero-order valence-corrected chi connectivity index (χ0v) is 22.7. The van der Waals surface area contributed by atoms with Crippen LogP contribution in [0.4, 0.5) is 5.82 Å². The van der Waals surface area contributed by atoms with Crippen LogP contribution in [-0.2, 0) is 16.0 Å². The predicted molar refractivity (Wildman–Crippen MR) is 142 cm³/mol. The zero-order valence-electron chi connectivity index (χ0n) is 21.9. The topological polar surface area (TPSA) is 169 Å². The number of nitrogens with two attached hydrogens (primary N) is 1. The van der Waals surface area contributed by atoms with Gasteiger partial charge in [-0.15, -0.1) is 0 Å². The van der Waals surface area contributed by atoms with Gasteiger partial charge in [0.2, 0.25) is 0 Å². The molecule has 0 spiro atoms. The van der Waals surface area contributed by atoms with Gasteiger partial charge in [0.25, 0.3) is 11.5 Å². The Hall–Kier alpha value is -3.03. The van der Waals surface area contributed by atoms with Crippen molar-refractivity contribution in [2.45, 2.75) is 72.1 Å². The van der Waals surface area contributed by atoms with Gasteiger partial charge in [-0.1, -0.05) is 13.8 Å². The number of H-pyrrole nitrogens is 3. The van der Waals surface area contributed by atoms with Crippen LogP contribution >= 0.6 is 12.2 Å². The maximum atomic E-state index is 11.7. The number of carbonyl (C=O) groups is 1. The molecule has 0 aliphatic heterocycles. The Morgan fingerprint density at radius 3 is 2.31 bits per heavy atom. The van der Waals surface area contributed by atoms with E-state index in [2.05, 4.69) is 44.1 Å². The lowest BCUT2D eigenvalue weighted by Gasteiger charge is -2.26. The van der Waals surface area contributed by atoms with Crippen molar-refractivity contribution in [3.05, 3.63) is 33.5 Å². The third-order valence-corrected chi connectivity index (χ3v) is 5.39. The minimum atomic E-state index is -0.530. The van der Waals surface area contributed by atoms with Gasteiger partial charge < -0.3 is 30.5 Å². The van der Waals surface area contributed by atoms with Crippen molar-refractivity contribution in [2.75, 3.05) is 25.1 Å². The van der Waals surface area contributed by atoms with Gasteiger partial charge in [0.05, 0.1) is 30.4 Å². The summed E-state index contributed by atoms with van der Waals surface area (Å²) in [4.78, 5) is 39.1. The van der Waals surface area contributed by atoms with Crippen molar-refractivity contribution in [2.24, 2.45) is 5.73 Å². The average molecular weight is 523 g/mol. The molecule has 3 aromatic rings. The van der Waals surface area contributed by atoms with E-state index in [1.165, 1.54) is 12.7 Å². The summed E-state index contributed by atoms with van der Waals surface area (Å²) < 4.78 is 13.6. The van der Waals surface area contributed by atoms with Gasteiger partial charge in [0.1, 0.15) is 11.2 Å². The van der Waals surface area contributed by atoms with E-state index in [1.54, 1.807) is 4.57 Å². The molecule has 6 N–H and O–H groups in total. The molecule has 0 aliphatic rings. The number of hydrogen-bond acceptors (Lipinski definition) is 8. The highest BCUT2D eigenvalue weighted by atomic mass is 32.1. The summed E-state index contributed by atoms with van der Waals surface area (Å²) in [5, 5.41) is 3.06. The number of amides is 1. The normalized spacial score (nSPS) is 11.8. The second kappa shape index (κ2) is 12.8. The molecule has 0 aliphatic carbocycles. The maximum Gasteiger partial charge on any atom is 0.277 e. The summed E-state index contributed by atoms with van der Waals surface area (Å²) in [6, 6.07) is 0. The number of aromatic nitrogens is 6. The molecule has 12 nitrogen and oxygen atoms in total. The Balaban J connectivity index is 0.000000255. The van der Waals surface area contributed by atoms with Gasteiger partial charge in [-0.3, -0.25) is 19.1 Å². The van der Waals surface area contributed by atoms with Gasteiger partial charge >= 0.3 is 0 Å². The largest absolute Gasteiger partial charge is 0.374 e. The van der Waals surface area contributed by atoms with E-state index >= 15 is 0 Å². The molecule has 36 heavy (non-hydrogen) atoms. The monoisotopic (exact) mass is 522 g/mol. The molecular weight excluding hydrogens is 484 g/mol. The fourth-order valence-corrected chi connectivity index (χ4v) is 3.52. The van der Waals surface area contributed by atoms with Gasteiger partial charge in [-0.2, -0.15) is 0 Å². The van der Waals surface area contributed by atoms with E-state index < -0.39 is 5.91 Å². The minimum Gasteiger partial charge on any atom is -0.374 e. The highest BCUT2D eigenvalue weighted by Gasteiger charge is 2.22.